The minimum absolute atomic E-state index is 0.0309. The Morgan fingerprint density at radius 3 is 2.63 bits per heavy atom. The van der Waals surface area contributed by atoms with Gasteiger partial charge in [0.05, 0.1) is 13.5 Å². The quantitative estimate of drug-likeness (QED) is 0.890. The average molecular weight is 283 g/mol. The van der Waals surface area contributed by atoms with Crippen molar-refractivity contribution in [2.24, 2.45) is 5.92 Å². The Labute approximate surface area is 118 Å². The molecule has 1 N–H and O–H groups in total. The Hall–Kier alpha value is -1.22. The summed E-state index contributed by atoms with van der Waals surface area (Å²) in [6, 6.07) is 1.91. The number of aryl methyl sites for hydroxylation is 1. The van der Waals surface area contributed by atoms with Crippen LogP contribution in [0.25, 0.3) is 0 Å². The number of carboxylic acid groups (broad SMARTS) is 1. The summed E-state index contributed by atoms with van der Waals surface area (Å²) in [6.45, 7) is 3.88. The predicted octanol–water partition coefficient (Wildman–Crippen LogP) is 3.93. The molecule has 0 aliphatic heterocycles. The van der Waals surface area contributed by atoms with Gasteiger partial charge in [-0.3, -0.25) is 4.79 Å². The van der Waals surface area contributed by atoms with Gasteiger partial charge in [-0.05, 0) is 44.2 Å². The van der Waals surface area contributed by atoms with Gasteiger partial charge in [0.1, 0.15) is 5.75 Å². The van der Waals surface area contributed by atoms with Gasteiger partial charge in [-0.1, -0.05) is 11.6 Å². The molecule has 1 saturated carbocycles. The Kier molecular flexibility index (Phi) is 4.04. The van der Waals surface area contributed by atoms with Gasteiger partial charge in [0.2, 0.25) is 0 Å². The van der Waals surface area contributed by atoms with E-state index in [0.29, 0.717) is 10.9 Å². The molecule has 0 spiro atoms. The summed E-state index contributed by atoms with van der Waals surface area (Å²) < 4.78 is 5.50. The summed E-state index contributed by atoms with van der Waals surface area (Å²) >= 11 is 6.18. The maximum atomic E-state index is 11.1. The lowest BCUT2D eigenvalue weighted by Crippen LogP contribution is -2.12. The molecule has 2 rings (SSSR count). The maximum Gasteiger partial charge on any atom is 0.303 e. The highest BCUT2D eigenvalue weighted by atomic mass is 35.5. The molecule has 3 nitrogen and oxygen atoms in total. The summed E-state index contributed by atoms with van der Waals surface area (Å²) in [4.78, 5) is 11.1. The van der Waals surface area contributed by atoms with Crippen LogP contribution in [-0.4, -0.2) is 18.2 Å². The smallest absolute Gasteiger partial charge is 0.303 e. The number of hydrogen-bond donors (Lipinski definition) is 1. The van der Waals surface area contributed by atoms with Gasteiger partial charge in [-0.2, -0.15) is 0 Å². The van der Waals surface area contributed by atoms with E-state index in [9.17, 15) is 4.79 Å². The van der Waals surface area contributed by atoms with E-state index in [0.717, 1.165) is 35.3 Å². The van der Waals surface area contributed by atoms with Gasteiger partial charge in [0.15, 0.2) is 0 Å². The fourth-order valence-corrected chi connectivity index (χ4v) is 3.03. The summed E-state index contributed by atoms with van der Waals surface area (Å²) in [6.07, 6.45) is 2.35. The third-order valence-corrected chi connectivity index (χ3v) is 4.26. The number of halogens is 1. The Bertz CT molecular complexity index is 507. The summed E-state index contributed by atoms with van der Waals surface area (Å²) in [5.74, 6) is 0.488. The highest BCUT2D eigenvalue weighted by Gasteiger charge is 2.36. The molecule has 4 heteroatoms. The SMILES string of the molecule is COc1c(C)c(Cl)cc(C)c1C(CC(=O)O)C1CC1. The molecule has 1 fully saturated rings. The normalized spacial score (nSPS) is 16.2. The number of hydrogen-bond acceptors (Lipinski definition) is 2. The van der Waals surface area contributed by atoms with Crippen LogP contribution in [0.5, 0.6) is 5.75 Å². The zero-order valence-corrected chi connectivity index (χ0v) is 12.3. The fourth-order valence-electron chi connectivity index (χ4n) is 2.78. The lowest BCUT2D eigenvalue weighted by atomic mass is 9.86. The van der Waals surface area contributed by atoms with Crippen LogP contribution in [0.1, 0.15) is 41.9 Å². The topological polar surface area (TPSA) is 46.5 Å². The molecule has 1 aliphatic carbocycles. The van der Waals surface area contributed by atoms with E-state index in [1.54, 1.807) is 7.11 Å². The molecule has 104 valence electrons. The highest BCUT2D eigenvalue weighted by molar-refractivity contribution is 6.31. The number of aliphatic carboxylic acids is 1. The molecule has 0 radical (unpaired) electrons. The monoisotopic (exact) mass is 282 g/mol. The van der Waals surface area contributed by atoms with Gasteiger partial charge in [-0.25, -0.2) is 0 Å². The number of ether oxygens (including phenoxy) is 1. The van der Waals surface area contributed by atoms with Crippen LogP contribution in [-0.2, 0) is 4.79 Å². The first kappa shape index (κ1) is 14.2. The van der Waals surface area contributed by atoms with Gasteiger partial charge >= 0.3 is 5.97 Å². The standard InChI is InChI=1S/C15H19ClO3/c1-8-6-12(16)9(2)15(19-3)14(8)11(7-13(17)18)10-4-5-10/h6,10-11H,4-5,7H2,1-3H3,(H,17,18). The van der Waals surface area contributed by atoms with Crippen LogP contribution in [0, 0.1) is 19.8 Å². The number of rotatable bonds is 5. The average Bonchev–Trinajstić information content (AvgIpc) is 3.14. The van der Waals surface area contributed by atoms with Gasteiger partial charge in [0, 0.05) is 22.1 Å². The van der Waals surface area contributed by atoms with E-state index >= 15 is 0 Å². The van der Waals surface area contributed by atoms with Crippen molar-refractivity contribution < 1.29 is 14.6 Å². The highest BCUT2D eigenvalue weighted by Crippen LogP contribution is 2.49. The molecule has 1 unspecified atom stereocenters. The molecule has 0 aromatic heterocycles. The molecule has 19 heavy (non-hydrogen) atoms. The van der Waals surface area contributed by atoms with Crippen LogP contribution in [0.2, 0.25) is 5.02 Å². The predicted molar refractivity (Wildman–Crippen MR) is 75.2 cm³/mol. The number of benzene rings is 1. The maximum absolute atomic E-state index is 11.1. The summed E-state index contributed by atoms with van der Waals surface area (Å²) in [5, 5.41) is 9.80. The van der Waals surface area contributed by atoms with Gasteiger partial charge in [0.25, 0.3) is 0 Å². The van der Waals surface area contributed by atoms with Crippen molar-refractivity contribution in [1.29, 1.82) is 0 Å². The number of methoxy groups -OCH3 is 1. The first-order valence-electron chi connectivity index (χ1n) is 6.51. The third-order valence-electron chi connectivity index (χ3n) is 3.87. The van der Waals surface area contributed by atoms with Crippen molar-refractivity contribution in [2.45, 2.75) is 39.0 Å². The van der Waals surface area contributed by atoms with Crippen LogP contribution in [0.15, 0.2) is 6.07 Å². The Morgan fingerprint density at radius 1 is 1.53 bits per heavy atom. The molecule has 0 saturated heterocycles. The summed E-state index contributed by atoms with van der Waals surface area (Å²) in [5.41, 5.74) is 2.93. The van der Waals surface area contributed by atoms with E-state index < -0.39 is 5.97 Å². The van der Waals surface area contributed by atoms with Crippen molar-refractivity contribution in [1.82, 2.24) is 0 Å². The van der Waals surface area contributed by atoms with Crippen LogP contribution in [0.4, 0.5) is 0 Å². The lowest BCUT2D eigenvalue weighted by molar-refractivity contribution is -0.137. The fraction of sp³-hybridized carbons (Fsp3) is 0.533. The van der Waals surface area contributed by atoms with Crippen LogP contribution >= 0.6 is 11.6 Å². The van der Waals surface area contributed by atoms with Crippen molar-refractivity contribution in [3.8, 4) is 5.75 Å². The Balaban J connectivity index is 2.51. The summed E-state index contributed by atoms with van der Waals surface area (Å²) in [7, 11) is 1.62. The molecule has 0 heterocycles. The largest absolute Gasteiger partial charge is 0.496 e. The first-order valence-corrected chi connectivity index (χ1v) is 6.88. The van der Waals surface area contributed by atoms with E-state index in [1.807, 2.05) is 19.9 Å². The second-order valence-electron chi connectivity index (χ2n) is 5.29. The van der Waals surface area contributed by atoms with Gasteiger partial charge in [-0.15, -0.1) is 0 Å². The van der Waals surface area contributed by atoms with Crippen molar-refractivity contribution in [2.75, 3.05) is 7.11 Å². The van der Waals surface area contributed by atoms with E-state index in [-0.39, 0.29) is 12.3 Å². The molecular formula is C15H19ClO3. The van der Waals surface area contributed by atoms with Crippen molar-refractivity contribution in [3.05, 3.63) is 27.8 Å². The van der Waals surface area contributed by atoms with Crippen LogP contribution in [0.3, 0.4) is 0 Å². The third kappa shape index (κ3) is 2.86. The minimum atomic E-state index is -0.758. The molecule has 1 aromatic rings. The second-order valence-corrected chi connectivity index (χ2v) is 5.70. The van der Waals surface area contributed by atoms with E-state index in [1.165, 1.54) is 0 Å². The molecule has 0 bridgehead atoms. The van der Waals surface area contributed by atoms with E-state index in [2.05, 4.69) is 0 Å². The number of carboxylic acids is 1. The molecule has 1 atom stereocenters. The lowest BCUT2D eigenvalue weighted by Gasteiger charge is -2.22. The Morgan fingerprint density at radius 2 is 2.16 bits per heavy atom. The zero-order valence-electron chi connectivity index (χ0n) is 11.5. The van der Waals surface area contributed by atoms with Gasteiger partial charge < -0.3 is 9.84 Å². The van der Waals surface area contributed by atoms with Crippen LogP contribution < -0.4 is 4.74 Å². The van der Waals surface area contributed by atoms with Crippen molar-refractivity contribution >= 4 is 17.6 Å². The second kappa shape index (κ2) is 5.41. The minimum Gasteiger partial charge on any atom is -0.496 e. The number of carbonyl (C=O) groups is 1. The molecule has 1 aliphatic rings. The van der Waals surface area contributed by atoms with E-state index in [4.69, 9.17) is 21.4 Å². The molecular weight excluding hydrogens is 264 g/mol. The van der Waals surface area contributed by atoms with Crippen molar-refractivity contribution in [3.63, 3.8) is 0 Å². The molecule has 1 aromatic carbocycles. The first-order chi connectivity index (χ1) is 8.95. The zero-order chi connectivity index (χ0) is 14.2. The molecule has 0 amide bonds.